The predicted octanol–water partition coefficient (Wildman–Crippen LogP) is 1.82. The Labute approximate surface area is 68.9 Å². The highest BCUT2D eigenvalue weighted by Crippen LogP contribution is 1.98. The third-order valence-corrected chi connectivity index (χ3v) is 1.50. The molecule has 0 aliphatic rings. The van der Waals surface area contributed by atoms with E-state index in [1.165, 1.54) is 0 Å². The average molecular weight is 155 g/mol. The fourth-order valence-electron chi connectivity index (χ4n) is 0.761. The van der Waals surface area contributed by atoms with Crippen LogP contribution in [0.25, 0.3) is 0 Å². The largest absolute Gasteiger partial charge is 0.349 e. The van der Waals surface area contributed by atoms with Gasteiger partial charge in [-0.2, -0.15) is 0 Å². The zero-order chi connectivity index (χ0) is 8.69. The Morgan fingerprint density at radius 1 is 1.45 bits per heavy atom. The smallest absolute Gasteiger partial charge is 0.222 e. The molecule has 0 saturated carbocycles. The van der Waals surface area contributed by atoms with Crippen LogP contribution in [0.4, 0.5) is 0 Å². The van der Waals surface area contributed by atoms with Crippen molar-refractivity contribution in [3.05, 3.63) is 12.2 Å². The summed E-state index contributed by atoms with van der Waals surface area (Å²) in [6, 6.07) is 0. The number of hydrogen-bond acceptors (Lipinski definition) is 1. The normalized spacial score (nSPS) is 10.5. The lowest BCUT2D eigenvalue weighted by atomic mass is 10.2. The predicted molar refractivity (Wildman–Crippen MR) is 47.4 cm³/mol. The van der Waals surface area contributed by atoms with Crippen molar-refractivity contribution in [1.82, 2.24) is 4.90 Å². The molecule has 0 atom stereocenters. The van der Waals surface area contributed by atoms with Crippen LogP contribution in [-0.2, 0) is 4.79 Å². The van der Waals surface area contributed by atoms with Crippen molar-refractivity contribution in [3.63, 3.8) is 0 Å². The van der Waals surface area contributed by atoms with Gasteiger partial charge < -0.3 is 4.90 Å². The second-order valence-corrected chi connectivity index (χ2v) is 2.75. The van der Waals surface area contributed by atoms with Gasteiger partial charge in [0, 0.05) is 20.5 Å². The maximum Gasteiger partial charge on any atom is 0.222 e. The van der Waals surface area contributed by atoms with E-state index in [4.69, 9.17) is 0 Å². The Morgan fingerprint density at radius 2 is 2.09 bits per heavy atom. The minimum atomic E-state index is 0.217. The molecule has 64 valence electrons. The van der Waals surface area contributed by atoms with E-state index in [0.29, 0.717) is 6.42 Å². The third kappa shape index (κ3) is 5.64. The summed E-state index contributed by atoms with van der Waals surface area (Å²) < 4.78 is 0. The zero-order valence-corrected chi connectivity index (χ0v) is 7.63. The fourth-order valence-corrected chi connectivity index (χ4v) is 0.761. The van der Waals surface area contributed by atoms with Gasteiger partial charge in [0.1, 0.15) is 0 Å². The van der Waals surface area contributed by atoms with Gasteiger partial charge in [-0.1, -0.05) is 12.2 Å². The third-order valence-electron chi connectivity index (χ3n) is 1.50. The summed E-state index contributed by atoms with van der Waals surface area (Å²) in [7, 11) is 3.58. The SMILES string of the molecule is CC=CCCCC(=O)N(C)C. The molecule has 0 fully saturated rings. The fraction of sp³-hybridized carbons (Fsp3) is 0.667. The Balaban J connectivity index is 3.32. The molecule has 0 aromatic heterocycles. The molecule has 0 aliphatic heterocycles. The number of amides is 1. The number of carbonyl (C=O) groups is 1. The monoisotopic (exact) mass is 155 g/mol. The molecule has 0 heterocycles. The van der Waals surface area contributed by atoms with Gasteiger partial charge in [0.15, 0.2) is 0 Å². The van der Waals surface area contributed by atoms with E-state index < -0.39 is 0 Å². The summed E-state index contributed by atoms with van der Waals surface area (Å²) in [6.45, 7) is 1.99. The summed E-state index contributed by atoms with van der Waals surface area (Å²) in [5.41, 5.74) is 0. The second kappa shape index (κ2) is 5.96. The van der Waals surface area contributed by atoms with Crippen LogP contribution < -0.4 is 0 Å². The molecule has 0 saturated heterocycles. The maximum absolute atomic E-state index is 11.0. The van der Waals surface area contributed by atoms with Gasteiger partial charge in [0.25, 0.3) is 0 Å². The standard InChI is InChI=1S/C9H17NO/c1-4-5-6-7-8-9(11)10(2)3/h4-5H,6-8H2,1-3H3. The minimum Gasteiger partial charge on any atom is -0.349 e. The molecule has 0 aromatic carbocycles. The van der Waals surface area contributed by atoms with Gasteiger partial charge in [-0.3, -0.25) is 4.79 Å². The van der Waals surface area contributed by atoms with Crippen LogP contribution in [0.2, 0.25) is 0 Å². The van der Waals surface area contributed by atoms with E-state index in [-0.39, 0.29) is 5.91 Å². The first-order valence-corrected chi connectivity index (χ1v) is 3.99. The van der Waals surface area contributed by atoms with Crippen molar-refractivity contribution in [2.24, 2.45) is 0 Å². The molecule has 2 nitrogen and oxygen atoms in total. The first kappa shape index (κ1) is 10.2. The lowest BCUT2D eigenvalue weighted by Crippen LogP contribution is -2.20. The van der Waals surface area contributed by atoms with Crippen molar-refractivity contribution < 1.29 is 4.79 Å². The van der Waals surface area contributed by atoms with Crippen LogP contribution in [-0.4, -0.2) is 24.9 Å². The Hall–Kier alpha value is -0.790. The molecular weight excluding hydrogens is 138 g/mol. The summed E-state index contributed by atoms with van der Waals surface area (Å²) in [5.74, 6) is 0.217. The molecular formula is C9H17NO. The summed E-state index contributed by atoms with van der Waals surface area (Å²) >= 11 is 0. The molecule has 2 heteroatoms. The van der Waals surface area contributed by atoms with Crippen LogP contribution >= 0.6 is 0 Å². The minimum absolute atomic E-state index is 0.217. The maximum atomic E-state index is 11.0. The Morgan fingerprint density at radius 3 is 2.55 bits per heavy atom. The second-order valence-electron chi connectivity index (χ2n) is 2.75. The van der Waals surface area contributed by atoms with Crippen molar-refractivity contribution >= 4 is 5.91 Å². The van der Waals surface area contributed by atoms with Gasteiger partial charge in [-0.25, -0.2) is 0 Å². The molecule has 0 aromatic rings. The van der Waals surface area contributed by atoms with Crippen LogP contribution in [0.1, 0.15) is 26.2 Å². The molecule has 0 N–H and O–H groups in total. The highest BCUT2D eigenvalue weighted by atomic mass is 16.2. The van der Waals surface area contributed by atoms with Crippen LogP contribution in [0.15, 0.2) is 12.2 Å². The molecule has 0 aliphatic carbocycles. The first-order valence-electron chi connectivity index (χ1n) is 3.99. The van der Waals surface area contributed by atoms with E-state index >= 15 is 0 Å². The Bertz CT molecular complexity index is 138. The topological polar surface area (TPSA) is 20.3 Å². The highest BCUT2D eigenvalue weighted by Gasteiger charge is 2.00. The molecule has 0 rings (SSSR count). The van der Waals surface area contributed by atoms with E-state index in [9.17, 15) is 4.79 Å². The van der Waals surface area contributed by atoms with Gasteiger partial charge in [0.05, 0.1) is 0 Å². The van der Waals surface area contributed by atoms with Gasteiger partial charge in [-0.15, -0.1) is 0 Å². The number of unbranched alkanes of at least 4 members (excludes halogenated alkanes) is 1. The number of carbonyl (C=O) groups excluding carboxylic acids is 1. The molecule has 0 spiro atoms. The summed E-state index contributed by atoms with van der Waals surface area (Å²) in [4.78, 5) is 12.6. The molecule has 11 heavy (non-hydrogen) atoms. The van der Waals surface area contributed by atoms with E-state index in [2.05, 4.69) is 6.08 Å². The Kier molecular flexibility index (Phi) is 5.53. The number of hydrogen-bond donors (Lipinski definition) is 0. The van der Waals surface area contributed by atoms with Crippen molar-refractivity contribution in [2.45, 2.75) is 26.2 Å². The van der Waals surface area contributed by atoms with E-state index in [0.717, 1.165) is 12.8 Å². The van der Waals surface area contributed by atoms with Crippen molar-refractivity contribution in [2.75, 3.05) is 14.1 Å². The quantitative estimate of drug-likeness (QED) is 0.448. The van der Waals surface area contributed by atoms with Crippen LogP contribution in [0.3, 0.4) is 0 Å². The lowest BCUT2D eigenvalue weighted by molar-refractivity contribution is -0.128. The highest BCUT2D eigenvalue weighted by molar-refractivity contribution is 5.75. The number of allylic oxidation sites excluding steroid dienone is 2. The van der Waals surface area contributed by atoms with Crippen molar-refractivity contribution in [1.29, 1.82) is 0 Å². The molecule has 0 radical (unpaired) electrons. The first-order chi connectivity index (χ1) is 5.18. The zero-order valence-electron chi connectivity index (χ0n) is 7.63. The van der Waals surface area contributed by atoms with E-state index in [1.807, 2.05) is 13.0 Å². The van der Waals surface area contributed by atoms with Crippen LogP contribution in [0, 0.1) is 0 Å². The summed E-state index contributed by atoms with van der Waals surface area (Å²) in [6.07, 6.45) is 6.73. The van der Waals surface area contributed by atoms with Gasteiger partial charge in [-0.05, 0) is 19.8 Å². The molecule has 1 amide bonds. The summed E-state index contributed by atoms with van der Waals surface area (Å²) in [5, 5.41) is 0. The lowest BCUT2D eigenvalue weighted by Gasteiger charge is -2.08. The van der Waals surface area contributed by atoms with Gasteiger partial charge in [0.2, 0.25) is 5.91 Å². The number of rotatable bonds is 4. The van der Waals surface area contributed by atoms with E-state index in [1.54, 1.807) is 19.0 Å². The number of nitrogens with zero attached hydrogens (tertiary/aromatic N) is 1. The van der Waals surface area contributed by atoms with Crippen molar-refractivity contribution in [3.8, 4) is 0 Å². The average Bonchev–Trinajstić information content (AvgIpc) is 1.97. The van der Waals surface area contributed by atoms with Crippen LogP contribution in [0.5, 0.6) is 0 Å². The molecule has 0 unspecified atom stereocenters. The van der Waals surface area contributed by atoms with Gasteiger partial charge >= 0.3 is 0 Å². The molecule has 0 bridgehead atoms.